The van der Waals surface area contributed by atoms with Gasteiger partial charge in [0.1, 0.15) is 0 Å². The second kappa shape index (κ2) is 8.14. The van der Waals surface area contributed by atoms with Gasteiger partial charge in [0.15, 0.2) is 0 Å². The normalized spacial score (nSPS) is 19.4. The lowest BCUT2D eigenvalue weighted by molar-refractivity contribution is 0.00828. The third-order valence-electron chi connectivity index (χ3n) is 4.65. The Morgan fingerprint density at radius 2 is 2.05 bits per heavy atom. The predicted octanol–water partition coefficient (Wildman–Crippen LogP) is 3.62. The molecule has 3 nitrogen and oxygen atoms in total. The zero-order chi connectivity index (χ0) is 15.2. The standard InChI is InChI=1S/C17H27ClN2O/c1-12-8-9-14(15(18)10-12)11-16(20-19)17(21-2)13-6-4-3-5-7-13/h8-10,13,16-17,20H,3-7,11,19H2,1-2H3. The maximum atomic E-state index is 6.35. The van der Waals surface area contributed by atoms with Crippen molar-refractivity contribution in [3.8, 4) is 0 Å². The lowest BCUT2D eigenvalue weighted by Crippen LogP contribution is -2.49. The zero-order valence-electron chi connectivity index (χ0n) is 13.1. The van der Waals surface area contributed by atoms with Gasteiger partial charge < -0.3 is 4.74 Å². The predicted molar refractivity (Wildman–Crippen MR) is 88.4 cm³/mol. The maximum Gasteiger partial charge on any atom is 0.0769 e. The monoisotopic (exact) mass is 310 g/mol. The van der Waals surface area contributed by atoms with Crippen molar-refractivity contribution < 1.29 is 4.74 Å². The van der Waals surface area contributed by atoms with Gasteiger partial charge in [-0.2, -0.15) is 0 Å². The van der Waals surface area contributed by atoms with Gasteiger partial charge in [0.25, 0.3) is 0 Å². The van der Waals surface area contributed by atoms with Gasteiger partial charge in [-0.05, 0) is 49.3 Å². The first-order chi connectivity index (χ1) is 10.2. The molecule has 0 bridgehead atoms. The van der Waals surface area contributed by atoms with Crippen LogP contribution in [-0.2, 0) is 11.2 Å². The Morgan fingerprint density at radius 3 is 2.62 bits per heavy atom. The van der Waals surface area contributed by atoms with E-state index in [1.54, 1.807) is 7.11 Å². The van der Waals surface area contributed by atoms with E-state index in [1.165, 1.54) is 37.7 Å². The van der Waals surface area contributed by atoms with E-state index in [9.17, 15) is 0 Å². The molecule has 1 aliphatic rings. The van der Waals surface area contributed by atoms with Crippen LogP contribution in [-0.4, -0.2) is 19.3 Å². The Kier molecular flexibility index (Phi) is 6.49. The number of nitrogens with one attached hydrogen (secondary N) is 1. The molecule has 1 aromatic rings. The molecule has 1 fully saturated rings. The van der Waals surface area contributed by atoms with Crippen molar-refractivity contribution in [3.05, 3.63) is 34.3 Å². The van der Waals surface area contributed by atoms with E-state index >= 15 is 0 Å². The van der Waals surface area contributed by atoms with Crippen molar-refractivity contribution in [2.45, 2.75) is 57.6 Å². The quantitative estimate of drug-likeness (QED) is 0.623. The van der Waals surface area contributed by atoms with Gasteiger partial charge in [-0.3, -0.25) is 11.3 Å². The van der Waals surface area contributed by atoms with Crippen LogP contribution in [0.4, 0.5) is 0 Å². The SMILES string of the molecule is COC(C1CCCCC1)C(Cc1ccc(C)cc1Cl)NN. The maximum absolute atomic E-state index is 6.35. The fourth-order valence-electron chi connectivity index (χ4n) is 3.47. The minimum atomic E-state index is 0.0957. The van der Waals surface area contributed by atoms with Gasteiger partial charge in [0, 0.05) is 12.1 Å². The topological polar surface area (TPSA) is 47.3 Å². The fraction of sp³-hybridized carbons (Fsp3) is 0.647. The van der Waals surface area contributed by atoms with Gasteiger partial charge in [0.2, 0.25) is 0 Å². The number of ether oxygens (including phenoxy) is 1. The van der Waals surface area contributed by atoms with E-state index in [1.807, 2.05) is 13.0 Å². The lowest BCUT2D eigenvalue weighted by Gasteiger charge is -2.34. The van der Waals surface area contributed by atoms with Gasteiger partial charge in [-0.25, -0.2) is 0 Å². The van der Waals surface area contributed by atoms with Crippen LogP contribution in [0.15, 0.2) is 18.2 Å². The Labute approximate surface area is 133 Å². The van der Waals surface area contributed by atoms with Crippen LogP contribution in [0.25, 0.3) is 0 Å². The number of aryl methyl sites for hydroxylation is 1. The zero-order valence-corrected chi connectivity index (χ0v) is 13.8. The summed E-state index contributed by atoms with van der Waals surface area (Å²) in [5.74, 6) is 6.40. The molecule has 0 heterocycles. The molecule has 118 valence electrons. The number of benzene rings is 1. The Bertz CT molecular complexity index is 446. The first-order valence-electron chi connectivity index (χ1n) is 7.89. The average molecular weight is 311 g/mol. The molecule has 4 heteroatoms. The smallest absolute Gasteiger partial charge is 0.0769 e. The molecule has 0 aromatic heterocycles. The Balaban J connectivity index is 2.09. The summed E-state index contributed by atoms with van der Waals surface area (Å²) < 4.78 is 5.79. The number of nitrogens with two attached hydrogens (primary N) is 1. The van der Waals surface area contributed by atoms with Crippen molar-refractivity contribution in [2.75, 3.05) is 7.11 Å². The highest BCUT2D eigenvalue weighted by molar-refractivity contribution is 6.31. The van der Waals surface area contributed by atoms with Crippen LogP contribution in [0.1, 0.15) is 43.2 Å². The summed E-state index contributed by atoms with van der Waals surface area (Å²) in [5, 5.41) is 0.814. The molecule has 1 aliphatic carbocycles. The second-order valence-electron chi connectivity index (χ2n) is 6.17. The second-order valence-corrected chi connectivity index (χ2v) is 6.58. The summed E-state index contributed by atoms with van der Waals surface area (Å²) in [4.78, 5) is 0. The summed E-state index contributed by atoms with van der Waals surface area (Å²) in [6, 6.07) is 6.29. The van der Waals surface area contributed by atoms with Crippen LogP contribution in [0, 0.1) is 12.8 Å². The largest absolute Gasteiger partial charge is 0.379 e. The Hall–Kier alpha value is -0.610. The van der Waals surface area contributed by atoms with Crippen molar-refractivity contribution in [2.24, 2.45) is 11.8 Å². The third-order valence-corrected chi connectivity index (χ3v) is 5.00. The molecule has 0 saturated heterocycles. The minimum absolute atomic E-state index is 0.0957. The highest BCUT2D eigenvalue weighted by Crippen LogP contribution is 2.30. The van der Waals surface area contributed by atoms with Crippen molar-refractivity contribution >= 4 is 11.6 Å². The molecule has 21 heavy (non-hydrogen) atoms. The van der Waals surface area contributed by atoms with Crippen LogP contribution in [0.5, 0.6) is 0 Å². The van der Waals surface area contributed by atoms with Crippen LogP contribution in [0.3, 0.4) is 0 Å². The van der Waals surface area contributed by atoms with Crippen LogP contribution in [0.2, 0.25) is 5.02 Å². The van der Waals surface area contributed by atoms with Crippen molar-refractivity contribution in [1.82, 2.24) is 5.43 Å². The number of halogens is 1. The van der Waals surface area contributed by atoms with Crippen LogP contribution < -0.4 is 11.3 Å². The lowest BCUT2D eigenvalue weighted by atomic mass is 9.81. The van der Waals surface area contributed by atoms with Crippen LogP contribution >= 0.6 is 11.6 Å². The molecular weight excluding hydrogens is 284 g/mol. The summed E-state index contributed by atoms with van der Waals surface area (Å²) in [7, 11) is 1.79. The summed E-state index contributed by atoms with van der Waals surface area (Å²) in [6.45, 7) is 2.05. The Morgan fingerprint density at radius 1 is 1.33 bits per heavy atom. The van der Waals surface area contributed by atoms with E-state index in [4.69, 9.17) is 22.2 Å². The van der Waals surface area contributed by atoms with E-state index in [-0.39, 0.29) is 12.1 Å². The number of methoxy groups -OCH3 is 1. The molecule has 0 radical (unpaired) electrons. The molecule has 2 rings (SSSR count). The number of hydrogen-bond donors (Lipinski definition) is 2. The van der Waals surface area contributed by atoms with Crippen molar-refractivity contribution in [3.63, 3.8) is 0 Å². The first kappa shape index (κ1) is 16.8. The van der Waals surface area contributed by atoms with Gasteiger partial charge >= 0.3 is 0 Å². The molecule has 0 aliphatic heterocycles. The number of rotatable bonds is 6. The van der Waals surface area contributed by atoms with Gasteiger partial charge in [-0.15, -0.1) is 0 Å². The van der Waals surface area contributed by atoms with E-state index < -0.39 is 0 Å². The average Bonchev–Trinajstić information content (AvgIpc) is 2.50. The minimum Gasteiger partial charge on any atom is -0.379 e. The molecule has 3 N–H and O–H groups in total. The number of hydrogen-bond acceptors (Lipinski definition) is 3. The van der Waals surface area contributed by atoms with Crippen molar-refractivity contribution in [1.29, 1.82) is 0 Å². The molecule has 2 atom stereocenters. The highest BCUT2D eigenvalue weighted by atomic mass is 35.5. The van der Waals surface area contributed by atoms with E-state index in [2.05, 4.69) is 17.6 Å². The fourth-order valence-corrected chi connectivity index (χ4v) is 3.78. The van der Waals surface area contributed by atoms with E-state index in [0.29, 0.717) is 5.92 Å². The molecule has 1 saturated carbocycles. The molecule has 1 aromatic carbocycles. The summed E-state index contributed by atoms with van der Waals surface area (Å²) in [6.07, 6.45) is 7.35. The molecule has 0 amide bonds. The van der Waals surface area contributed by atoms with Gasteiger partial charge in [-0.1, -0.05) is 43.0 Å². The summed E-state index contributed by atoms with van der Waals surface area (Å²) >= 11 is 6.35. The molecule has 0 spiro atoms. The first-order valence-corrected chi connectivity index (χ1v) is 8.27. The third kappa shape index (κ3) is 4.43. The highest BCUT2D eigenvalue weighted by Gasteiger charge is 2.30. The van der Waals surface area contributed by atoms with Gasteiger partial charge in [0.05, 0.1) is 12.1 Å². The molecular formula is C17H27ClN2O. The summed E-state index contributed by atoms with van der Waals surface area (Å²) in [5.41, 5.74) is 5.26. The van der Waals surface area contributed by atoms with E-state index in [0.717, 1.165) is 17.0 Å². The number of hydrazine groups is 1. The molecule has 2 unspecified atom stereocenters.